The first-order valence-electron chi connectivity index (χ1n) is 9.68. The number of rotatable bonds is 7. The van der Waals surface area contributed by atoms with Crippen molar-refractivity contribution < 1.29 is 14.3 Å². The molecule has 29 heavy (non-hydrogen) atoms. The first-order chi connectivity index (χ1) is 14.2. The van der Waals surface area contributed by atoms with Crippen LogP contribution in [-0.2, 0) is 4.79 Å². The minimum Gasteiger partial charge on any atom is -0.494 e. The maximum absolute atomic E-state index is 12.4. The molecule has 0 unspecified atom stereocenters. The van der Waals surface area contributed by atoms with Crippen LogP contribution in [0.5, 0.6) is 11.6 Å². The molecule has 1 saturated heterocycles. The third kappa shape index (κ3) is 5.18. The fourth-order valence-electron chi connectivity index (χ4n) is 3.28. The van der Waals surface area contributed by atoms with Gasteiger partial charge in [-0.25, -0.2) is 9.97 Å². The molecule has 3 heterocycles. The number of ether oxygens (including phenoxy) is 2. The van der Waals surface area contributed by atoms with Gasteiger partial charge in [0.05, 0.1) is 29.6 Å². The van der Waals surface area contributed by atoms with E-state index in [9.17, 15) is 4.79 Å². The summed E-state index contributed by atoms with van der Waals surface area (Å²) in [5.74, 6) is 1.31. The number of anilines is 1. The van der Waals surface area contributed by atoms with Gasteiger partial charge in [0.2, 0.25) is 11.8 Å². The summed E-state index contributed by atoms with van der Waals surface area (Å²) >= 11 is 1.45. The standard InChI is InChI=1S/C20H23N5O3S/c1-2-27-15-3-4-16-17(11-15)29-20(23-16)24-18(26)13-25-9-5-14(6-10-25)28-19-12-21-7-8-22-19/h3-4,7-8,11-12,14H,2,5-6,9-10,13H2,1H3,(H,23,24,26). The fourth-order valence-corrected chi connectivity index (χ4v) is 4.19. The number of carbonyl (C=O) groups excluding carboxylic acids is 1. The SMILES string of the molecule is CCOc1ccc2nc(NC(=O)CN3CCC(Oc4cnccn4)CC3)sc2c1. The van der Waals surface area contributed by atoms with Crippen molar-refractivity contribution in [1.82, 2.24) is 19.9 Å². The van der Waals surface area contributed by atoms with Gasteiger partial charge in [-0.05, 0) is 38.0 Å². The average molecular weight is 414 g/mol. The molecule has 0 saturated carbocycles. The summed E-state index contributed by atoms with van der Waals surface area (Å²) in [5.41, 5.74) is 0.857. The number of hydrogen-bond acceptors (Lipinski definition) is 8. The maximum atomic E-state index is 12.4. The summed E-state index contributed by atoms with van der Waals surface area (Å²) < 4.78 is 12.4. The Hall–Kier alpha value is -2.78. The van der Waals surface area contributed by atoms with Crippen LogP contribution >= 0.6 is 11.3 Å². The molecule has 0 radical (unpaired) electrons. The lowest BCUT2D eigenvalue weighted by Crippen LogP contribution is -2.42. The highest BCUT2D eigenvalue weighted by atomic mass is 32.1. The molecule has 0 bridgehead atoms. The molecule has 1 aliphatic heterocycles. The normalized spacial score (nSPS) is 15.3. The highest BCUT2D eigenvalue weighted by Gasteiger charge is 2.22. The Balaban J connectivity index is 1.26. The summed E-state index contributed by atoms with van der Waals surface area (Å²) in [6.07, 6.45) is 6.67. The molecule has 1 aliphatic rings. The molecular weight excluding hydrogens is 390 g/mol. The molecule has 0 aliphatic carbocycles. The summed E-state index contributed by atoms with van der Waals surface area (Å²) in [6, 6.07) is 5.76. The van der Waals surface area contributed by atoms with Crippen LogP contribution in [0.25, 0.3) is 10.2 Å². The van der Waals surface area contributed by atoms with Crippen LogP contribution in [0.2, 0.25) is 0 Å². The minimum absolute atomic E-state index is 0.0533. The molecule has 1 N–H and O–H groups in total. The summed E-state index contributed by atoms with van der Waals surface area (Å²) in [4.78, 5) is 27.2. The van der Waals surface area contributed by atoms with E-state index < -0.39 is 0 Å². The zero-order valence-electron chi connectivity index (χ0n) is 16.2. The van der Waals surface area contributed by atoms with Crippen LogP contribution in [0.1, 0.15) is 19.8 Å². The molecule has 2 aromatic heterocycles. The van der Waals surface area contributed by atoms with Crippen LogP contribution in [0.4, 0.5) is 5.13 Å². The summed E-state index contributed by atoms with van der Waals surface area (Å²) in [6.45, 7) is 4.52. The Morgan fingerprint density at radius 2 is 2.17 bits per heavy atom. The largest absolute Gasteiger partial charge is 0.494 e. The first-order valence-corrected chi connectivity index (χ1v) is 10.5. The van der Waals surface area contributed by atoms with Crippen molar-refractivity contribution in [1.29, 1.82) is 0 Å². The van der Waals surface area contributed by atoms with Gasteiger partial charge in [0.25, 0.3) is 0 Å². The molecule has 1 aromatic carbocycles. The van der Waals surface area contributed by atoms with E-state index in [1.165, 1.54) is 11.3 Å². The number of carbonyl (C=O) groups is 1. The predicted octanol–water partition coefficient (Wildman–Crippen LogP) is 2.97. The van der Waals surface area contributed by atoms with Gasteiger partial charge >= 0.3 is 0 Å². The van der Waals surface area contributed by atoms with E-state index in [0.29, 0.717) is 24.2 Å². The topological polar surface area (TPSA) is 89.5 Å². The number of amides is 1. The van der Waals surface area contributed by atoms with Gasteiger partial charge in [-0.2, -0.15) is 0 Å². The smallest absolute Gasteiger partial charge is 0.240 e. The number of nitrogens with zero attached hydrogens (tertiary/aromatic N) is 4. The predicted molar refractivity (Wildman–Crippen MR) is 112 cm³/mol. The second-order valence-electron chi connectivity index (χ2n) is 6.77. The van der Waals surface area contributed by atoms with Crippen LogP contribution in [0.3, 0.4) is 0 Å². The molecule has 9 heteroatoms. The van der Waals surface area contributed by atoms with E-state index in [1.807, 2.05) is 25.1 Å². The molecule has 0 spiro atoms. The highest BCUT2D eigenvalue weighted by molar-refractivity contribution is 7.22. The Morgan fingerprint density at radius 3 is 2.93 bits per heavy atom. The van der Waals surface area contributed by atoms with Crippen molar-refractivity contribution in [2.24, 2.45) is 0 Å². The number of hydrogen-bond donors (Lipinski definition) is 1. The molecular formula is C20H23N5O3S. The molecule has 8 nitrogen and oxygen atoms in total. The molecule has 1 fully saturated rings. The van der Waals surface area contributed by atoms with Crippen molar-refractivity contribution in [3.63, 3.8) is 0 Å². The Kier molecular flexibility index (Phi) is 6.16. The average Bonchev–Trinajstić information content (AvgIpc) is 3.12. The molecule has 4 rings (SSSR count). The van der Waals surface area contributed by atoms with E-state index in [0.717, 1.165) is 41.9 Å². The van der Waals surface area contributed by atoms with Crippen LogP contribution in [-0.4, -0.2) is 58.1 Å². The van der Waals surface area contributed by atoms with Crippen LogP contribution in [0.15, 0.2) is 36.8 Å². The first kappa shape index (κ1) is 19.5. The molecule has 1 amide bonds. The van der Waals surface area contributed by atoms with E-state index >= 15 is 0 Å². The minimum atomic E-state index is -0.0533. The Labute approximate surface area is 172 Å². The zero-order chi connectivity index (χ0) is 20.1. The van der Waals surface area contributed by atoms with E-state index in [4.69, 9.17) is 9.47 Å². The van der Waals surface area contributed by atoms with Crippen molar-refractivity contribution >= 4 is 32.6 Å². The molecule has 3 aromatic rings. The van der Waals surface area contributed by atoms with Gasteiger partial charge in [-0.3, -0.25) is 14.7 Å². The summed E-state index contributed by atoms with van der Waals surface area (Å²) in [7, 11) is 0. The maximum Gasteiger partial charge on any atom is 0.240 e. The Bertz CT molecular complexity index is 957. The van der Waals surface area contributed by atoms with Gasteiger partial charge in [0.1, 0.15) is 11.9 Å². The van der Waals surface area contributed by atoms with Crippen molar-refractivity contribution in [3.05, 3.63) is 36.8 Å². The number of benzene rings is 1. The number of likely N-dealkylation sites (tertiary alicyclic amines) is 1. The highest BCUT2D eigenvalue weighted by Crippen LogP contribution is 2.29. The quantitative estimate of drug-likeness (QED) is 0.637. The van der Waals surface area contributed by atoms with E-state index in [2.05, 4.69) is 25.2 Å². The summed E-state index contributed by atoms with van der Waals surface area (Å²) in [5, 5.41) is 3.53. The fraction of sp³-hybridized carbons (Fsp3) is 0.400. The monoisotopic (exact) mass is 413 g/mol. The third-order valence-electron chi connectivity index (χ3n) is 4.65. The molecule has 0 atom stereocenters. The second kappa shape index (κ2) is 9.15. The number of nitrogens with one attached hydrogen (secondary N) is 1. The number of thiazole rings is 1. The lowest BCUT2D eigenvalue weighted by atomic mass is 10.1. The number of piperidine rings is 1. The van der Waals surface area contributed by atoms with Crippen molar-refractivity contribution in [2.45, 2.75) is 25.9 Å². The van der Waals surface area contributed by atoms with Crippen molar-refractivity contribution in [2.75, 3.05) is 31.6 Å². The van der Waals surface area contributed by atoms with E-state index in [1.54, 1.807) is 18.6 Å². The van der Waals surface area contributed by atoms with Crippen LogP contribution in [0, 0.1) is 0 Å². The lowest BCUT2D eigenvalue weighted by molar-refractivity contribution is -0.117. The second-order valence-corrected chi connectivity index (χ2v) is 7.80. The van der Waals surface area contributed by atoms with Gasteiger partial charge < -0.3 is 14.8 Å². The van der Waals surface area contributed by atoms with Crippen LogP contribution < -0.4 is 14.8 Å². The number of fused-ring (bicyclic) bond motifs is 1. The molecule has 152 valence electrons. The zero-order valence-corrected chi connectivity index (χ0v) is 17.0. The Morgan fingerprint density at radius 1 is 1.31 bits per heavy atom. The van der Waals surface area contributed by atoms with Gasteiger partial charge in [0, 0.05) is 25.5 Å². The third-order valence-corrected chi connectivity index (χ3v) is 5.58. The number of aromatic nitrogens is 3. The van der Waals surface area contributed by atoms with Gasteiger partial charge in [-0.15, -0.1) is 0 Å². The lowest BCUT2D eigenvalue weighted by Gasteiger charge is -2.31. The van der Waals surface area contributed by atoms with Gasteiger partial charge in [-0.1, -0.05) is 11.3 Å². The van der Waals surface area contributed by atoms with Gasteiger partial charge in [0.15, 0.2) is 5.13 Å². The van der Waals surface area contributed by atoms with Crippen molar-refractivity contribution in [3.8, 4) is 11.6 Å². The van der Waals surface area contributed by atoms with E-state index in [-0.39, 0.29) is 12.0 Å².